The van der Waals surface area contributed by atoms with Gasteiger partial charge in [0.25, 0.3) is 0 Å². The Morgan fingerprint density at radius 1 is 1.29 bits per heavy atom. The number of nitrogens with one attached hydrogen (secondary N) is 1. The molecule has 86 valence electrons. The molecular weight excluding hydrogens is 216 g/mol. The largest absolute Gasteiger partial charge is 0.451 e. The first-order chi connectivity index (χ1) is 8.26. The van der Waals surface area contributed by atoms with Gasteiger partial charge in [0.15, 0.2) is 17.3 Å². The predicted octanol–water partition coefficient (Wildman–Crippen LogP) is 2.73. The first-order valence-corrected chi connectivity index (χ1v) is 5.41. The molecular formula is C13H12N2O2. The Hall–Kier alpha value is -2.07. The summed E-state index contributed by atoms with van der Waals surface area (Å²) in [7, 11) is 0. The molecule has 0 unspecified atom stereocenters. The van der Waals surface area contributed by atoms with Crippen LogP contribution in [0.2, 0.25) is 0 Å². The number of benzene rings is 1. The Bertz CT molecular complexity index is 582. The second-order valence-electron chi connectivity index (χ2n) is 4.08. The molecule has 0 radical (unpaired) electrons. The second kappa shape index (κ2) is 3.75. The molecule has 4 nitrogen and oxygen atoms in total. The standard InChI is InChI=1S/C13H12N2O2/c1-8-4-12-13(14-6-8)15-10-3-2-9(7-16)5-11(10)17-12/h2-6,16H,7H2,1H3,(H,14,15). The monoisotopic (exact) mass is 228 g/mol. The van der Waals surface area contributed by atoms with Crippen molar-refractivity contribution in [2.24, 2.45) is 0 Å². The maximum Gasteiger partial charge on any atom is 0.173 e. The van der Waals surface area contributed by atoms with Crippen LogP contribution in [0.25, 0.3) is 0 Å². The van der Waals surface area contributed by atoms with Gasteiger partial charge in [-0.05, 0) is 36.2 Å². The molecule has 0 bridgehead atoms. The van der Waals surface area contributed by atoms with E-state index in [2.05, 4.69) is 10.3 Å². The van der Waals surface area contributed by atoms with E-state index in [0.29, 0.717) is 5.75 Å². The summed E-state index contributed by atoms with van der Waals surface area (Å²) >= 11 is 0. The highest BCUT2D eigenvalue weighted by Gasteiger charge is 2.17. The van der Waals surface area contributed by atoms with Crippen LogP contribution in [-0.4, -0.2) is 10.1 Å². The number of pyridine rings is 1. The zero-order valence-electron chi connectivity index (χ0n) is 9.40. The fourth-order valence-corrected chi connectivity index (χ4v) is 1.81. The zero-order valence-corrected chi connectivity index (χ0v) is 9.40. The highest BCUT2D eigenvalue weighted by molar-refractivity contribution is 5.73. The summed E-state index contributed by atoms with van der Waals surface area (Å²) in [5.41, 5.74) is 2.74. The van der Waals surface area contributed by atoms with Crippen LogP contribution < -0.4 is 10.1 Å². The summed E-state index contributed by atoms with van der Waals surface area (Å²) in [4.78, 5) is 4.27. The molecule has 0 amide bonds. The first-order valence-electron chi connectivity index (χ1n) is 5.41. The van der Waals surface area contributed by atoms with Crippen molar-refractivity contribution in [3.63, 3.8) is 0 Å². The lowest BCUT2D eigenvalue weighted by molar-refractivity contribution is 0.281. The topological polar surface area (TPSA) is 54.4 Å². The van der Waals surface area contributed by atoms with Gasteiger partial charge in [0.1, 0.15) is 0 Å². The van der Waals surface area contributed by atoms with Crippen molar-refractivity contribution in [3.05, 3.63) is 41.6 Å². The Balaban J connectivity index is 2.05. The van der Waals surface area contributed by atoms with Crippen LogP contribution in [0.5, 0.6) is 11.5 Å². The van der Waals surface area contributed by atoms with E-state index in [1.165, 1.54) is 0 Å². The molecule has 2 N–H and O–H groups in total. The third kappa shape index (κ3) is 1.72. The van der Waals surface area contributed by atoms with Crippen molar-refractivity contribution < 1.29 is 9.84 Å². The van der Waals surface area contributed by atoms with E-state index in [4.69, 9.17) is 9.84 Å². The Kier molecular flexibility index (Phi) is 2.23. The number of aryl methyl sites for hydroxylation is 1. The van der Waals surface area contributed by atoms with Crippen LogP contribution in [0.15, 0.2) is 30.5 Å². The summed E-state index contributed by atoms with van der Waals surface area (Å²) in [6.07, 6.45) is 1.79. The van der Waals surface area contributed by atoms with Crippen molar-refractivity contribution in [2.45, 2.75) is 13.5 Å². The third-order valence-electron chi connectivity index (χ3n) is 2.69. The van der Waals surface area contributed by atoms with Crippen LogP contribution >= 0.6 is 0 Å². The number of hydrogen-bond donors (Lipinski definition) is 2. The number of fused-ring (bicyclic) bond motifs is 2. The van der Waals surface area contributed by atoms with Crippen molar-refractivity contribution in [1.82, 2.24) is 4.98 Å². The molecule has 1 aromatic heterocycles. The van der Waals surface area contributed by atoms with Gasteiger partial charge >= 0.3 is 0 Å². The average Bonchev–Trinajstić information content (AvgIpc) is 2.35. The van der Waals surface area contributed by atoms with Gasteiger partial charge in [-0.15, -0.1) is 0 Å². The quantitative estimate of drug-likeness (QED) is 0.672. The second-order valence-corrected chi connectivity index (χ2v) is 4.08. The SMILES string of the molecule is Cc1cnc2c(c1)Oc1cc(CO)ccc1N2. The number of aliphatic hydroxyl groups is 1. The Morgan fingerprint density at radius 3 is 3.00 bits per heavy atom. The molecule has 2 heterocycles. The lowest BCUT2D eigenvalue weighted by Gasteiger charge is -2.21. The van der Waals surface area contributed by atoms with Gasteiger partial charge in [0.05, 0.1) is 12.3 Å². The minimum Gasteiger partial charge on any atom is -0.451 e. The number of rotatable bonds is 1. The molecule has 0 saturated heterocycles. The summed E-state index contributed by atoms with van der Waals surface area (Å²) < 4.78 is 5.76. The van der Waals surface area contributed by atoms with Crippen molar-refractivity contribution in [2.75, 3.05) is 5.32 Å². The zero-order chi connectivity index (χ0) is 11.8. The van der Waals surface area contributed by atoms with E-state index in [1.807, 2.05) is 31.2 Å². The number of aliphatic hydroxyl groups excluding tert-OH is 1. The lowest BCUT2D eigenvalue weighted by atomic mass is 10.1. The lowest BCUT2D eigenvalue weighted by Crippen LogP contribution is -2.05. The molecule has 17 heavy (non-hydrogen) atoms. The summed E-state index contributed by atoms with van der Waals surface area (Å²) in [6, 6.07) is 7.50. The van der Waals surface area contributed by atoms with Crippen molar-refractivity contribution in [1.29, 1.82) is 0 Å². The molecule has 2 aromatic rings. The normalized spacial score (nSPS) is 12.1. The maximum absolute atomic E-state index is 9.09. The fraction of sp³-hybridized carbons (Fsp3) is 0.154. The fourth-order valence-electron chi connectivity index (χ4n) is 1.81. The number of anilines is 2. The van der Waals surface area contributed by atoms with Gasteiger partial charge in [-0.2, -0.15) is 0 Å². The van der Waals surface area contributed by atoms with Crippen molar-refractivity contribution in [3.8, 4) is 11.5 Å². The molecule has 0 fully saturated rings. The molecule has 0 saturated carbocycles. The molecule has 0 atom stereocenters. The molecule has 1 aliphatic heterocycles. The van der Waals surface area contributed by atoms with Crippen LogP contribution in [0.4, 0.5) is 11.5 Å². The van der Waals surface area contributed by atoms with E-state index < -0.39 is 0 Å². The van der Waals surface area contributed by atoms with Crippen molar-refractivity contribution >= 4 is 11.5 Å². The number of aromatic nitrogens is 1. The van der Waals surface area contributed by atoms with Crippen LogP contribution in [0, 0.1) is 6.92 Å². The first kappa shape index (κ1) is 10.1. The highest BCUT2D eigenvalue weighted by atomic mass is 16.5. The van der Waals surface area contributed by atoms with Crippen LogP contribution in [0.3, 0.4) is 0 Å². The maximum atomic E-state index is 9.09. The Morgan fingerprint density at radius 2 is 2.18 bits per heavy atom. The molecule has 4 heteroatoms. The Labute approximate surface area is 98.9 Å². The minimum atomic E-state index is 0.00949. The van der Waals surface area contributed by atoms with E-state index in [0.717, 1.165) is 28.4 Å². The van der Waals surface area contributed by atoms with E-state index >= 15 is 0 Å². The molecule has 0 aliphatic carbocycles. The van der Waals surface area contributed by atoms with Gasteiger partial charge in [-0.25, -0.2) is 4.98 Å². The summed E-state index contributed by atoms with van der Waals surface area (Å²) in [6.45, 7) is 1.98. The smallest absolute Gasteiger partial charge is 0.173 e. The average molecular weight is 228 g/mol. The molecule has 0 spiro atoms. The van der Waals surface area contributed by atoms with E-state index in [-0.39, 0.29) is 6.61 Å². The van der Waals surface area contributed by atoms with E-state index in [1.54, 1.807) is 6.20 Å². The third-order valence-corrected chi connectivity index (χ3v) is 2.69. The summed E-state index contributed by atoms with van der Waals surface area (Å²) in [5.74, 6) is 2.16. The highest BCUT2D eigenvalue weighted by Crippen LogP contribution is 2.41. The number of nitrogens with zero attached hydrogens (tertiary/aromatic N) is 1. The van der Waals surface area contributed by atoms with Crippen LogP contribution in [0.1, 0.15) is 11.1 Å². The van der Waals surface area contributed by atoms with Crippen LogP contribution in [-0.2, 0) is 6.61 Å². The molecule has 1 aliphatic rings. The van der Waals surface area contributed by atoms with Gasteiger partial charge in [0.2, 0.25) is 0 Å². The van der Waals surface area contributed by atoms with Gasteiger partial charge in [-0.1, -0.05) is 6.07 Å². The van der Waals surface area contributed by atoms with Gasteiger partial charge in [0, 0.05) is 6.20 Å². The summed E-state index contributed by atoms with van der Waals surface area (Å²) in [5, 5.41) is 12.3. The van der Waals surface area contributed by atoms with Gasteiger partial charge < -0.3 is 15.2 Å². The number of hydrogen-bond acceptors (Lipinski definition) is 4. The number of ether oxygens (including phenoxy) is 1. The minimum absolute atomic E-state index is 0.00949. The van der Waals surface area contributed by atoms with E-state index in [9.17, 15) is 0 Å². The van der Waals surface area contributed by atoms with Gasteiger partial charge in [-0.3, -0.25) is 0 Å². The molecule has 3 rings (SSSR count). The predicted molar refractivity (Wildman–Crippen MR) is 64.7 cm³/mol. The molecule has 1 aromatic carbocycles.